The molecule has 1 heterocycles. The van der Waals surface area contributed by atoms with Gasteiger partial charge in [-0.3, -0.25) is 9.59 Å². The van der Waals surface area contributed by atoms with Crippen molar-refractivity contribution in [1.82, 2.24) is 0 Å². The molecule has 8 heteroatoms. The first kappa shape index (κ1) is 27.0. The maximum Gasteiger partial charge on any atom is 0.334 e. The molecule has 0 bridgehead atoms. The summed E-state index contributed by atoms with van der Waals surface area (Å²) in [5.41, 5.74) is -1.66. The van der Waals surface area contributed by atoms with Crippen molar-refractivity contribution < 1.29 is 38.4 Å². The lowest BCUT2D eigenvalue weighted by Crippen LogP contribution is -2.43. The normalized spacial score (nSPS) is 46.8. The van der Waals surface area contributed by atoms with Crippen LogP contribution in [-0.4, -0.2) is 65.6 Å². The second kappa shape index (κ2) is 8.77. The zero-order valence-electron chi connectivity index (χ0n) is 22.8. The number of methoxy groups -OCH3 is 1. The first-order valence-electron chi connectivity index (χ1n) is 12.9. The van der Waals surface area contributed by atoms with Crippen molar-refractivity contribution in [3.05, 3.63) is 23.3 Å². The smallest absolute Gasteiger partial charge is 0.334 e. The van der Waals surface area contributed by atoms with Gasteiger partial charge in [0.05, 0.1) is 12.0 Å². The molecule has 3 fully saturated rings. The molecule has 200 valence electrons. The summed E-state index contributed by atoms with van der Waals surface area (Å²) in [6.07, 6.45) is 0.867. The molecule has 0 aromatic carbocycles. The first-order chi connectivity index (χ1) is 16.7. The van der Waals surface area contributed by atoms with Crippen molar-refractivity contribution in [2.24, 2.45) is 29.1 Å². The van der Waals surface area contributed by atoms with E-state index in [0.29, 0.717) is 17.6 Å². The van der Waals surface area contributed by atoms with Crippen LogP contribution in [0, 0.1) is 29.1 Å². The summed E-state index contributed by atoms with van der Waals surface area (Å²) in [4.78, 5) is 39.1. The number of hydrogen-bond donors (Lipinski definition) is 1. The van der Waals surface area contributed by atoms with Crippen LogP contribution in [0.3, 0.4) is 0 Å². The molecule has 4 rings (SSSR count). The third-order valence-corrected chi connectivity index (χ3v) is 9.28. The van der Waals surface area contributed by atoms with Crippen LogP contribution in [0.4, 0.5) is 0 Å². The lowest BCUT2D eigenvalue weighted by atomic mass is 9.80. The molecule has 4 aliphatic rings. The van der Waals surface area contributed by atoms with Gasteiger partial charge in [0.2, 0.25) is 0 Å². The summed E-state index contributed by atoms with van der Waals surface area (Å²) in [6.45, 7) is 14.4. The average molecular weight is 505 g/mol. The number of ether oxygens (including phenoxy) is 4. The van der Waals surface area contributed by atoms with E-state index >= 15 is 0 Å². The number of aliphatic hydroxyl groups excluding tert-OH is 1. The van der Waals surface area contributed by atoms with Gasteiger partial charge in [-0.1, -0.05) is 33.8 Å². The average Bonchev–Trinajstić information content (AvgIpc) is 3.60. The molecule has 1 aliphatic heterocycles. The van der Waals surface area contributed by atoms with Crippen LogP contribution in [0.25, 0.3) is 0 Å². The fraction of sp³-hybridized carbons (Fsp3) is 0.750. The monoisotopic (exact) mass is 504 g/mol. The summed E-state index contributed by atoms with van der Waals surface area (Å²) in [5, 5.41) is 11.2. The second-order valence-electron chi connectivity index (χ2n) is 11.8. The number of epoxide rings is 1. The number of ketones is 1. The molecule has 10 atom stereocenters. The van der Waals surface area contributed by atoms with E-state index in [1.165, 1.54) is 6.92 Å². The summed E-state index contributed by atoms with van der Waals surface area (Å²) in [6, 6.07) is 0. The van der Waals surface area contributed by atoms with E-state index in [2.05, 4.69) is 13.8 Å². The van der Waals surface area contributed by atoms with E-state index < -0.39 is 53.5 Å². The molecule has 0 aromatic heterocycles. The van der Waals surface area contributed by atoms with Gasteiger partial charge in [-0.25, -0.2) is 4.79 Å². The van der Waals surface area contributed by atoms with E-state index in [9.17, 15) is 19.5 Å². The van der Waals surface area contributed by atoms with Crippen LogP contribution in [0.1, 0.15) is 61.8 Å². The van der Waals surface area contributed by atoms with Crippen LogP contribution in [0.5, 0.6) is 0 Å². The van der Waals surface area contributed by atoms with Gasteiger partial charge in [0.25, 0.3) is 0 Å². The van der Waals surface area contributed by atoms with Gasteiger partial charge in [-0.05, 0) is 50.2 Å². The Hall–Kier alpha value is -2.03. The number of carbonyl (C=O) groups is 3. The van der Waals surface area contributed by atoms with Crippen LogP contribution in [0.2, 0.25) is 0 Å². The third-order valence-electron chi connectivity index (χ3n) is 9.28. The molecule has 36 heavy (non-hydrogen) atoms. The van der Waals surface area contributed by atoms with E-state index in [0.717, 1.165) is 0 Å². The first-order valence-corrected chi connectivity index (χ1v) is 12.9. The number of hydrogen-bond acceptors (Lipinski definition) is 8. The molecular weight excluding hydrogens is 464 g/mol. The number of aliphatic hydroxyl groups is 1. The lowest BCUT2D eigenvalue weighted by molar-refractivity contribution is -0.154. The second-order valence-corrected chi connectivity index (χ2v) is 11.8. The molecule has 1 N–H and O–H groups in total. The zero-order valence-corrected chi connectivity index (χ0v) is 22.8. The number of fused-ring (bicyclic) bond motifs is 1. The van der Waals surface area contributed by atoms with Gasteiger partial charge in [-0.15, -0.1) is 0 Å². The molecule has 0 spiro atoms. The van der Waals surface area contributed by atoms with Crippen LogP contribution < -0.4 is 0 Å². The Morgan fingerprint density at radius 1 is 1.14 bits per heavy atom. The van der Waals surface area contributed by atoms with Gasteiger partial charge < -0.3 is 24.1 Å². The van der Waals surface area contributed by atoms with Gasteiger partial charge in [0.1, 0.15) is 18.3 Å². The Bertz CT molecular complexity index is 1030. The van der Waals surface area contributed by atoms with E-state index in [1.807, 2.05) is 13.8 Å². The fourth-order valence-electron chi connectivity index (χ4n) is 7.12. The van der Waals surface area contributed by atoms with Gasteiger partial charge in [0, 0.05) is 31.4 Å². The van der Waals surface area contributed by atoms with Crippen LogP contribution >= 0.6 is 0 Å². The Morgan fingerprint density at radius 2 is 1.75 bits per heavy atom. The van der Waals surface area contributed by atoms with Crippen molar-refractivity contribution in [2.45, 2.75) is 97.4 Å². The number of allylic oxidation sites excluding steroid dienone is 1. The number of Topliss-reactive ketones (excluding diaryl/α,β-unsaturated/α-hetero) is 1. The highest BCUT2D eigenvalue weighted by Crippen LogP contribution is 2.68. The standard InChI is InChI=1S/C28H40O8/c1-10-13(2)25(32)35-20-14(3)11-27-23(30)15(4)12-28(27,36-27)24(31)16(5)21(34-17(6)29)18-19(22(20)33-9)26(18,7)8/h10-11,15-16,18-23,30H,12H2,1-9H3/b13-10-,14-11+/t15-,16+,18-,19+,20+,21-,22+,23-,27-,28-/m0/s1. The molecule has 0 amide bonds. The largest absolute Gasteiger partial charge is 0.461 e. The van der Waals surface area contributed by atoms with Crippen molar-refractivity contribution in [3.8, 4) is 0 Å². The maximum atomic E-state index is 14.0. The molecular formula is C28H40O8. The third kappa shape index (κ3) is 3.71. The Kier molecular flexibility index (Phi) is 6.59. The summed E-state index contributed by atoms with van der Waals surface area (Å²) < 4.78 is 24.0. The summed E-state index contributed by atoms with van der Waals surface area (Å²) >= 11 is 0. The van der Waals surface area contributed by atoms with Gasteiger partial charge in [0.15, 0.2) is 17.0 Å². The van der Waals surface area contributed by atoms with Crippen LogP contribution in [0.15, 0.2) is 23.3 Å². The van der Waals surface area contributed by atoms with Crippen LogP contribution in [-0.2, 0) is 33.3 Å². The fourth-order valence-corrected chi connectivity index (χ4v) is 7.12. The molecule has 1 saturated heterocycles. The number of carbonyl (C=O) groups excluding carboxylic acids is 3. The molecule has 3 aliphatic carbocycles. The summed E-state index contributed by atoms with van der Waals surface area (Å²) in [7, 11) is 1.57. The SMILES string of the molecule is C/C=C(/C)C(=O)O[C@@H]1/C(C)=C/[C@@]23O[C@@]2(C[C@H](C)[C@@H]3O)C(=O)[C@H](C)[C@H](OC(C)=O)[C@@H]2[C@H]([C@H]1OC)C2(C)C. The van der Waals surface area contributed by atoms with Crippen molar-refractivity contribution in [3.63, 3.8) is 0 Å². The minimum Gasteiger partial charge on any atom is -0.461 e. The Balaban J connectivity index is 1.89. The van der Waals surface area contributed by atoms with Crippen molar-refractivity contribution in [1.29, 1.82) is 0 Å². The molecule has 0 aromatic rings. The predicted molar refractivity (Wildman–Crippen MR) is 131 cm³/mol. The topological polar surface area (TPSA) is 112 Å². The van der Waals surface area contributed by atoms with E-state index in [1.54, 1.807) is 40.0 Å². The van der Waals surface area contributed by atoms with Crippen molar-refractivity contribution in [2.75, 3.05) is 7.11 Å². The van der Waals surface area contributed by atoms with Crippen molar-refractivity contribution >= 4 is 17.7 Å². The zero-order chi connectivity index (χ0) is 27.0. The number of rotatable bonds is 4. The Morgan fingerprint density at radius 3 is 2.31 bits per heavy atom. The summed E-state index contributed by atoms with van der Waals surface area (Å²) in [5.74, 6) is -2.29. The highest BCUT2D eigenvalue weighted by atomic mass is 16.7. The molecule has 8 nitrogen and oxygen atoms in total. The van der Waals surface area contributed by atoms with E-state index in [4.69, 9.17) is 18.9 Å². The maximum absolute atomic E-state index is 14.0. The molecule has 0 unspecified atom stereocenters. The molecule has 0 radical (unpaired) electrons. The minimum atomic E-state index is -1.22. The highest BCUT2D eigenvalue weighted by molar-refractivity contribution is 5.96. The van der Waals surface area contributed by atoms with Gasteiger partial charge >= 0.3 is 11.9 Å². The van der Waals surface area contributed by atoms with Gasteiger partial charge in [-0.2, -0.15) is 0 Å². The predicted octanol–water partition coefficient (Wildman–Crippen LogP) is 3.16. The van der Waals surface area contributed by atoms with E-state index in [-0.39, 0.29) is 29.0 Å². The Labute approximate surface area is 213 Å². The molecule has 2 saturated carbocycles. The minimum absolute atomic E-state index is 0.150. The lowest BCUT2D eigenvalue weighted by Gasteiger charge is -2.30. The quantitative estimate of drug-likeness (QED) is 0.269. The highest BCUT2D eigenvalue weighted by Gasteiger charge is 2.82. The number of esters is 2.